The van der Waals surface area contributed by atoms with Crippen LogP contribution < -0.4 is 5.32 Å². The van der Waals surface area contributed by atoms with Crippen molar-refractivity contribution in [1.82, 2.24) is 5.32 Å². The summed E-state index contributed by atoms with van der Waals surface area (Å²) in [5, 5.41) is 23.6. The molecule has 0 saturated carbocycles. The number of aliphatic hydroxyl groups is 2. The second kappa shape index (κ2) is 44.1. The molecule has 1 amide bonds. The Morgan fingerprint density at radius 3 is 1.53 bits per heavy atom. The third kappa shape index (κ3) is 39.6. The lowest BCUT2D eigenvalue weighted by Crippen LogP contribution is -2.46. The van der Waals surface area contributed by atoms with Gasteiger partial charge in [0.25, 0.3) is 0 Å². The van der Waals surface area contributed by atoms with Crippen molar-refractivity contribution in [3.63, 3.8) is 0 Å². The molecule has 0 heterocycles. The van der Waals surface area contributed by atoms with Gasteiger partial charge in [-0.2, -0.15) is 0 Å². The molecule has 0 spiro atoms. The van der Waals surface area contributed by atoms with Gasteiger partial charge in [0.2, 0.25) is 5.91 Å². The third-order valence-electron chi connectivity index (χ3n) is 9.95. The Morgan fingerprint density at radius 1 is 0.544 bits per heavy atom. The Balaban J connectivity index is 4.83. The first kappa shape index (κ1) is 54.0. The molecule has 57 heavy (non-hydrogen) atoms. The van der Waals surface area contributed by atoms with E-state index in [2.05, 4.69) is 99.0 Å². The van der Waals surface area contributed by atoms with Gasteiger partial charge in [0.15, 0.2) is 0 Å². The standard InChI is InChI=1S/C51H87NO5/c1-4-7-10-13-16-19-22-23-24-25-26-27-29-30-33-36-39-42-47(57-51(56)44-41-38-35-32-28-20-17-14-11-8-5-2)45-50(55)52-48(46-53)49(54)43-40-37-34-31-21-18-15-12-9-6-3/h7,10,14,16-17,19,23-24,26-27,30,33,39,42,47-49,53-54H,4-6,8-9,11-13,15,18,20-22,25,28-29,31-32,34-38,40-41,43-46H2,1-3H3,(H,52,55)/b10-7-,17-14-,19-16-,24-23-,27-26-,33-30-,42-39-. The molecule has 3 unspecified atom stereocenters. The van der Waals surface area contributed by atoms with Crippen molar-refractivity contribution in [2.24, 2.45) is 0 Å². The smallest absolute Gasteiger partial charge is 0.306 e. The molecule has 6 heteroatoms. The van der Waals surface area contributed by atoms with Crippen LogP contribution >= 0.6 is 0 Å². The predicted octanol–water partition coefficient (Wildman–Crippen LogP) is 13.6. The molecule has 0 rings (SSSR count). The lowest BCUT2D eigenvalue weighted by molar-refractivity contribution is -0.148. The molecule has 3 atom stereocenters. The van der Waals surface area contributed by atoms with Crippen molar-refractivity contribution < 1.29 is 24.5 Å². The van der Waals surface area contributed by atoms with Crippen LogP contribution in [-0.4, -0.2) is 46.9 Å². The number of nitrogens with one attached hydrogen (secondary N) is 1. The zero-order chi connectivity index (χ0) is 41.7. The van der Waals surface area contributed by atoms with Crippen LogP contribution in [0.3, 0.4) is 0 Å². The van der Waals surface area contributed by atoms with E-state index in [-0.39, 0.29) is 24.9 Å². The number of aliphatic hydroxyl groups excluding tert-OH is 2. The number of esters is 1. The molecule has 0 radical (unpaired) electrons. The summed E-state index contributed by atoms with van der Waals surface area (Å²) in [6, 6.07) is -0.746. The van der Waals surface area contributed by atoms with Gasteiger partial charge in [0.05, 0.1) is 25.2 Å². The van der Waals surface area contributed by atoms with Crippen molar-refractivity contribution in [1.29, 1.82) is 0 Å². The molecular weight excluding hydrogens is 707 g/mol. The van der Waals surface area contributed by atoms with Crippen molar-refractivity contribution in [2.75, 3.05) is 6.61 Å². The summed E-state index contributed by atoms with van der Waals surface area (Å²) in [4.78, 5) is 25.9. The van der Waals surface area contributed by atoms with E-state index in [1.54, 1.807) is 6.08 Å². The van der Waals surface area contributed by atoms with Crippen molar-refractivity contribution in [3.8, 4) is 0 Å². The minimum Gasteiger partial charge on any atom is -0.458 e. The summed E-state index contributed by atoms with van der Waals surface area (Å²) in [7, 11) is 0. The number of amides is 1. The molecule has 0 aromatic rings. The van der Waals surface area contributed by atoms with Crippen molar-refractivity contribution in [2.45, 2.75) is 219 Å². The van der Waals surface area contributed by atoms with Gasteiger partial charge in [0, 0.05) is 6.42 Å². The Kier molecular flexibility index (Phi) is 41.9. The van der Waals surface area contributed by atoms with Gasteiger partial charge in [-0.3, -0.25) is 9.59 Å². The van der Waals surface area contributed by atoms with Gasteiger partial charge in [-0.15, -0.1) is 0 Å². The number of rotatable bonds is 40. The highest BCUT2D eigenvalue weighted by atomic mass is 16.5. The first-order valence-corrected chi connectivity index (χ1v) is 23.3. The summed E-state index contributed by atoms with van der Waals surface area (Å²) in [5.74, 6) is -0.650. The molecule has 326 valence electrons. The van der Waals surface area contributed by atoms with E-state index in [0.717, 1.165) is 83.5 Å². The second-order valence-electron chi connectivity index (χ2n) is 15.4. The van der Waals surface area contributed by atoms with Gasteiger partial charge >= 0.3 is 5.97 Å². The second-order valence-corrected chi connectivity index (χ2v) is 15.4. The number of carbonyl (C=O) groups excluding carboxylic acids is 2. The normalized spacial score (nSPS) is 14.1. The van der Waals surface area contributed by atoms with Gasteiger partial charge in [-0.05, 0) is 76.7 Å². The molecule has 3 N–H and O–H groups in total. The number of unbranched alkanes of at least 4 members (excludes halogenated alkanes) is 16. The maximum Gasteiger partial charge on any atom is 0.306 e. The van der Waals surface area contributed by atoms with E-state index in [4.69, 9.17) is 4.74 Å². The zero-order valence-corrected chi connectivity index (χ0v) is 36.9. The highest BCUT2D eigenvalue weighted by Gasteiger charge is 2.23. The van der Waals surface area contributed by atoms with E-state index in [0.29, 0.717) is 19.3 Å². The zero-order valence-electron chi connectivity index (χ0n) is 36.9. The van der Waals surface area contributed by atoms with Crippen LogP contribution in [0, 0.1) is 0 Å². The quantitative estimate of drug-likeness (QED) is 0.0326. The molecule has 0 bridgehead atoms. The Bertz CT molecular complexity index is 1120. The highest BCUT2D eigenvalue weighted by Crippen LogP contribution is 2.15. The third-order valence-corrected chi connectivity index (χ3v) is 9.95. The molecule has 0 fully saturated rings. The molecule has 0 aromatic heterocycles. The monoisotopic (exact) mass is 794 g/mol. The fourth-order valence-corrected chi connectivity index (χ4v) is 6.41. The van der Waals surface area contributed by atoms with Crippen LogP contribution in [0.15, 0.2) is 85.1 Å². The Hall–Kier alpha value is -2.96. The van der Waals surface area contributed by atoms with E-state index in [9.17, 15) is 19.8 Å². The number of hydrogen-bond donors (Lipinski definition) is 3. The maximum absolute atomic E-state index is 13.1. The molecule has 0 aromatic carbocycles. The molecule has 0 aliphatic carbocycles. The van der Waals surface area contributed by atoms with Gasteiger partial charge < -0.3 is 20.3 Å². The summed E-state index contributed by atoms with van der Waals surface area (Å²) in [6.45, 7) is 6.26. The lowest BCUT2D eigenvalue weighted by atomic mass is 10.0. The fraction of sp³-hybridized carbons (Fsp3) is 0.686. The van der Waals surface area contributed by atoms with Crippen LogP contribution in [0.2, 0.25) is 0 Å². The molecule has 0 aliphatic rings. The minimum atomic E-state index is -0.822. The topological polar surface area (TPSA) is 95.9 Å². The summed E-state index contributed by atoms with van der Waals surface area (Å²) >= 11 is 0. The van der Waals surface area contributed by atoms with Crippen LogP contribution in [0.25, 0.3) is 0 Å². The molecular formula is C51H87NO5. The number of ether oxygens (including phenoxy) is 1. The van der Waals surface area contributed by atoms with Crippen molar-refractivity contribution in [3.05, 3.63) is 85.1 Å². The van der Waals surface area contributed by atoms with E-state index in [1.807, 2.05) is 6.08 Å². The first-order chi connectivity index (χ1) is 28.0. The SMILES string of the molecule is CC/C=C\C/C=C\C/C=C\C/C=C\C/C=C\C/C=C\C(CC(=O)NC(CO)C(O)CCCCCCCCCCCC)OC(=O)CCCCCCC/C=C\CCCC. The number of carbonyl (C=O) groups is 2. The fourth-order valence-electron chi connectivity index (χ4n) is 6.41. The van der Waals surface area contributed by atoms with Gasteiger partial charge in [-0.1, -0.05) is 196 Å². The van der Waals surface area contributed by atoms with Gasteiger partial charge in [0.1, 0.15) is 6.10 Å². The molecule has 0 aliphatic heterocycles. The lowest BCUT2D eigenvalue weighted by Gasteiger charge is -2.23. The Morgan fingerprint density at radius 2 is 1.00 bits per heavy atom. The van der Waals surface area contributed by atoms with Gasteiger partial charge in [-0.25, -0.2) is 0 Å². The predicted molar refractivity (Wildman–Crippen MR) is 245 cm³/mol. The average Bonchev–Trinajstić information content (AvgIpc) is 3.20. The summed E-state index contributed by atoms with van der Waals surface area (Å²) in [6.07, 6.45) is 56.7. The van der Waals surface area contributed by atoms with Crippen LogP contribution in [0.1, 0.15) is 201 Å². The largest absolute Gasteiger partial charge is 0.458 e. The van der Waals surface area contributed by atoms with Crippen LogP contribution in [0.4, 0.5) is 0 Å². The van der Waals surface area contributed by atoms with Crippen molar-refractivity contribution >= 4 is 11.9 Å². The Labute approximate surface area is 351 Å². The van der Waals surface area contributed by atoms with E-state index < -0.39 is 18.2 Å². The molecule has 6 nitrogen and oxygen atoms in total. The van der Waals surface area contributed by atoms with E-state index in [1.165, 1.54) is 70.6 Å². The van der Waals surface area contributed by atoms with Crippen LogP contribution in [0.5, 0.6) is 0 Å². The summed E-state index contributed by atoms with van der Waals surface area (Å²) in [5.41, 5.74) is 0. The summed E-state index contributed by atoms with van der Waals surface area (Å²) < 4.78 is 5.79. The highest BCUT2D eigenvalue weighted by molar-refractivity contribution is 5.78. The number of hydrogen-bond acceptors (Lipinski definition) is 5. The maximum atomic E-state index is 13.1. The average molecular weight is 794 g/mol. The van der Waals surface area contributed by atoms with Crippen LogP contribution in [-0.2, 0) is 14.3 Å². The minimum absolute atomic E-state index is 0.0544. The molecule has 0 saturated heterocycles. The number of allylic oxidation sites excluding steroid dienone is 13. The first-order valence-electron chi connectivity index (χ1n) is 23.3. The van der Waals surface area contributed by atoms with E-state index >= 15 is 0 Å².